The Bertz CT molecular complexity index is 644. The van der Waals surface area contributed by atoms with Crippen LogP contribution >= 0.6 is 0 Å². The van der Waals surface area contributed by atoms with Gasteiger partial charge in [-0.1, -0.05) is 109 Å². The van der Waals surface area contributed by atoms with Gasteiger partial charge < -0.3 is 20.1 Å². The molecule has 0 saturated carbocycles. The van der Waals surface area contributed by atoms with Crippen molar-refractivity contribution in [2.75, 3.05) is 13.2 Å². The van der Waals surface area contributed by atoms with Crippen molar-refractivity contribution in [3.8, 4) is 11.5 Å². The molecule has 34 heavy (non-hydrogen) atoms. The number of unbranched alkanes of at least 4 members (excludes halogenated alkanes) is 16. The minimum absolute atomic E-state index is 0.167. The largest absolute Gasteiger partial charge is 0.504 e. The lowest BCUT2D eigenvalue weighted by molar-refractivity contribution is 0.0691. The predicted octanol–water partition coefficient (Wildman–Crippen LogP) is 8.40. The van der Waals surface area contributed by atoms with E-state index in [-0.39, 0.29) is 11.3 Å². The first-order valence-corrected chi connectivity index (χ1v) is 13.9. The molecule has 1 rings (SSSR count). The molecular weight excluding hydrogens is 428 g/mol. The quantitative estimate of drug-likeness (QED) is 0.109. The van der Waals surface area contributed by atoms with Gasteiger partial charge in [0, 0.05) is 13.2 Å². The Balaban J connectivity index is 1.85. The Labute approximate surface area is 207 Å². The normalized spacial score (nSPS) is 11.2. The molecule has 0 aliphatic carbocycles. The molecule has 3 N–H and O–H groups in total. The number of carbonyl (C=O) groups is 1. The summed E-state index contributed by atoms with van der Waals surface area (Å²) >= 11 is 0. The van der Waals surface area contributed by atoms with E-state index in [4.69, 9.17) is 4.74 Å². The van der Waals surface area contributed by atoms with Gasteiger partial charge in [0.15, 0.2) is 11.5 Å². The fourth-order valence-electron chi connectivity index (χ4n) is 4.44. The molecule has 0 radical (unpaired) electrons. The minimum atomic E-state index is -1.19. The zero-order chi connectivity index (χ0) is 24.9. The smallest absolute Gasteiger partial charge is 0.339 e. The number of carboxylic acid groups (broad SMARTS) is 1. The fourth-order valence-corrected chi connectivity index (χ4v) is 4.44. The van der Waals surface area contributed by atoms with Crippen LogP contribution in [0.4, 0.5) is 0 Å². The van der Waals surface area contributed by atoms with Gasteiger partial charge in [-0.15, -0.1) is 0 Å². The number of ether oxygens (including phenoxy) is 1. The van der Waals surface area contributed by atoms with Crippen molar-refractivity contribution < 1.29 is 24.9 Å². The molecule has 0 heterocycles. The van der Waals surface area contributed by atoms with Crippen LogP contribution in [0.5, 0.6) is 11.5 Å². The van der Waals surface area contributed by atoms with Crippen molar-refractivity contribution in [1.29, 1.82) is 0 Å². The van der Waals surface area contributed by atoms with Crippen LogP contribution in [0.25, 0.3) is 0 Å². The molecule has 196 valence electrons. The molecule has 5 nitrogen and oxygen atoms in total. The van der Waals surface area contributed by atoms with Crippen LogP contribution in [0.15, 0.2) is 12.1 Å². The van der Waals surface area contributed by atoms with Crippen molar-refractivity contribution in [2.45, 2.75) is 129 Å². The van der Waals surface area contributed by atoms with Crippen molar-refractivity contribution in [3.63, 3.8) is 0 Å². The third kappa shape index (κ3) is 14.5. The van der Waals surface area contributed by atoms with Gasteiger partial charge in [-0.3, -0.25) is 0 Å². The van der Waals surface area contributed by atoms with Gasteiger partial charge in [0.1, 0.15) is 5.56 Å². The van der Waals surface area contributed by atoms with Crippen molar-refractivity contribution >= 4 is 5.97 Å². The van der Waals surface area contributed by atoms with Crippen molar-refractivity contribution in [3.05, 3.63) is 23.3 Å². The monoisotopic (exact) mass is 478 g/mol. The van der Waals surface area contributed by atoms with Crippen LogP contribution in [0.2, 0.25) is 0 Å². The Morgan fingerprint density at radius 3 is 1.59 bits per heavy atom. The molecule has 0 aliphatic heterocycles. The van der Waals surface area contributed by atoms with E-state index in [1.54, 1.807) is 6.07 Å². The van der Waals surface area contributed by atoms with Gasteiger partial charge in [0.05, 0.1) is 0 Å². The third-order valence-corrected chi connectivity index (χ3v) is 6.58. The van der Waals surface area contributed by atoms with E-state index in [0.717, 1.165) is 32.5 Å². The maximum Gasteiger partial charge on any atom is 0.339 e. The minimum Gasteiger partial charge on any atom is -0.504 e. The zero-order valence-electron chi connectivity index (χ0n) is 21.7. The molecule has 0 saturated heterocycles. The topological polar surface area (TPSA) is 87.0 Å². The van der Waals surface area contributed by atoms with E-state index in [2.05, 4.69) is 6.92 Å². The van der Waals surface area contributed by atoms with Gasteiger partial charge in [-0.25, -0.2) is 4.79 Å². The number of phenols is 2. The molecule has 0 bridgehead atoms. The standard InChI is InChI=1S/C29H50O5/c1-2-3-4-5-12-15-18-23-34-24-19-16-13-10-8-6-7-9-11-14-17-20-25-21-22-26(30)28(31)27(25)29(32)33/h21-22,30-31H,2-20,23-24H2,1H3,(H,32,33). The van der Waals surface area contributed by atoms with Gasteiger partial charge in [0.25, 0.3) is 0 Å². The first kappa shape index (κ1) is 30.3. The Morgan fingerprint density at radius 1 is 0.676 bits per heavy atom. The number of aromatic carboxylic acids is 1. The molecular formula is C29H50O5. The molecule has 1 aromatic rings. The van der Waals surface area contributed by atoms with Crippen molar-refractivity contribution in [1.82, 2.24) is 0 Å². The van der Waals surface area contributed by atoms with Crippen LogP contribution in [-0.4, -0.2) is 34.5 Å². The van der Waals surface area contributed by atoms with E-state index in [9.17, 15) is 20.1 Å². The van der Waals surface area contributed by atoms with E-state index < -0.39 is 11.7 Å². The maximum absolute atomic E-state index is 11.3. The van der Waals surface area contributed by atoms with Gasteiger partial charge in [-0.05, 0) is 37.3 Å². The molecule has 0 amide bonds. The summed E-state index contributed by atoms with van der Waals surface area (Å²) in [6, 6.07) is 2.96. The van der Waals surface area contributed by atoms with Crippen LogP contribution in [-0.2, 0) is 11.2 Å². The summed E-state index contributed by atoms with van der Waals surface area (Å²) in [5.41, 5.74) is 0.422. The summed E-state index contributed by atoms with van der Waals surface area (Å²) in [7, 11) is 0. The first-order valence-electron chi connectivity index (χ1n) is 13.9. The van der Waals surface area contributed by atoms with E-state index in [1.165, 1.54) is 102 Å². The van der Waals surface area contributed by atoms with Crippen LogP contribution in [0, 0.1) is 0 Å². The molecule has 0 spiro atoms. The average molecular weight is 479 g/mol. The summed E-state index contributed by atoms with van der Waals surface area (Å²) in [5.74, 6) is -2.10. The van der Waals surface area contributed by atoms with Gasteiger partial charge in [0.2, 0.25) is 0 Å². The second-order valence-corrected chi connectivity index (χ2v) is 9.65. The van der Waals surface area contributed by atoms with E-state index in [0.29, 0.717) is 12.0 Å². The maximum atomic E-state index is 11.3. The molecule has 0 atom stereocenters. The third-order valence-electron chi connectivity index (χ3n) is 6.58. The number of rotatable bonds is 23. The summed E-state index contributed by atoms with van der Waals surface area (Å²) in [5, 5.41) is 28.5. The highest BCUT2D eigenvalue weighted by molar-refractivity contribution is 5.93. The lowest BCUT2D eigenvalue weighted by Crippen LogP contribution is -2.03. The second kappa shape index (κ2) is 20.6. The second-order valence-electron chi connectivity index (χ2n) is 9.65. The Kier molecular flexibility index (Phi) is 18.4. The summed E-state index contributed by atoms with van der Waals surface area (Å²) < 4.78 is 5.76. The summed E-state index contributed by atoms with van der Waals surface area (Å²) in [6.45, 7) is 4.12. The van der Waals surface area contributed by atoms with Gasteiger partial charge >= 0.3 is 5.97 Å². The zero-order valence-corrected chi connectivity index (χ0v) is 21.7. The summed E-state index contributed by atoms with van der Waals surface area (Å²) in [4.78, 5) is 11.3. The lowest BCUT2D eigenvalue weighted by atomic mass is 9.99. The van der Waals surface area contributed by atoms with Crippen LogP contribution in [0.3, 0.4) is 0 Å². The lowest BCUT2D eigenvalue weighted by Gasteiger charge is -2.09. The molecule has 0 fully saturated rings. The number of carboxylic acids is 1. The SMILES string of the molecule is CCCCCCCCCOCCCCCCCCCCCCCc1ccc(O)c(O)c1C(=O)O. The molecule has 0 aliphatic rings. The molecule has 1 aromatic carbocycles. The van der Waals surface area contributed by atoms with E-state index in [1.807, 2.05) is 0 Å². The predicted molar refractivity (Wildman–Crippen MR) is 140 cm³/mol. The number of aryl methyl sites for hydroxylation is 1. The number of hydrogen-bond donors (Lipinski definition) is 3. The highest BCUT2D eigenvalue weighted by atomic mass is 16.5. The van der Waals surface area contributed by atoms with Crippen LogP contribution < -0.4 is 0 Å². The number of benzene rings is 1. The molecule has 0 aromatic heterocycles. The van der Waals surface area contributed by atoms with Crippen molar-refractivity contribution in [2.24, 2.45) is 0 Å². The van der Waals surface area contributed by atoms with E-state index >= 15 is 0 Å². The molecule has 0 unspecified atom stereocenters. The number of aromatic hydroxyl groups is 2. The first-order chi connectivity index (χ1) is 16.6. The average Bonchev–Trinajstić information content (AvgIpc) is 2.82. The Hall–Kier alpha value is -1.75. The summed E-state index contributed by atoms with van der Waals surface area (Å²) in [6.07, 6.45) is 23.3. The highest BCUT2D eigenvalue weighted by Crippen LogP contribution is 2.32. The molecule has 5 heteroatoms. The Morgan fingerprint density at radius 2 is 1.12 bits per heavy atom. The van der Waals surface area contributed by atoms with Gasteiger partial charge in [-0.2, -0.15) is 0 Å². The fraction of sp³-hybridized carbons (Fsp3) is 0.759. The van der Waals surface area contributed by atoms with Crippen LogP contribution in [0.1, 0.15) is 138 Å². The highest BCUT2D eigenvalue weighted by Gasteiger charge is 2.18. The number of phenolic OH excluding ortho intramolecular Hbond substituents is 1. The number of hydrogen-bond acceptors (Lipinski definition) is 4.